The molecule has 0 atom stereocenters. The van der Waals surface area contributed by atoms with Gasteiger partial charge >= 0.3 is 0 Å². The van der Waals surface area contributed by atoms with Crippen LogP contribution in [-0.2, 0) is 17.6 Å². The molecule has 1 aliphatic rings. The van der Waals surface area contributed by atoms with Gasteiger partial charge < -0.3 is 10.6 Å². The molecule has 1 heterocycles. The van der Waals surface area contributed by atoms with Gasteiger partial charge in [0.1, 0.15) is 0 Å². The van der Waals surface area contributed by atoms with Crippen LogP contribution in [0.15, 0.2) is 12.1 Å². The second-order valence-corrected chi connectivity index (χ2v) is 4.81. The highest BCUT2D eigenvalue weighted by atomic mass is 16.2. The quantitative estimate of drug-likeness (QED) is 0.805. The van der Waals surface area contributed by atoms with E-state index in [1.807, 2.05) is 7.05 Å². The summed E-state index contributed by atoms with van der Waals surface area (Å²) in [6.07, 6.45) is 3.70. The van der Waals surface area contributed by atoms with Gasteiger partial charge in [-0.25, -0.2) is 0 Å². The first-order valence-corrected chi connectivity index (χ1v) is 6.22. The third kappa shape index (κ3) is 2.34. The normalized spacial score (nSPS) is 14.3. The first-order chi connectivity index (χ1) is 8.13. The molecule has 0 aliphatic carbocycles. The van der Waals surface area contributed by atoms with E-state index in [0.29, 0.717) is 6.42 Å². The minimum Gasteiger partial charge on any atom is -0.330 e. The molecule has 1 amide bonds. The van der Waals surface area contributed by atoms with Gasteiger partial charge in [-0.15, -0.1) is 0 Å². The lowest BCUT2D eigenvalue weighted by Crippen LogP contribution is -2.21. The number of benzene rings is 1. The molecular formula is C14H20N2O. The van der Waals surface area contributed by atoms with Crippen molar-refractivity contribution < 1.29 is 4.79 Å². The van der Waals surface area contributed by atoms with E-state index in [-0.39, 0.29) is 5.91 Å². The van der Waals surface area contributed by atoms with E-state index < -0.39 is 0 Å². The number of rotatable bonds is 4. The van der Waals surface area contributed by atoms with Crippen molar-refractivity contribution in [3.8, 4) is 0 Å². The van der Waals surface area contributed by atoms with E-state index in [0.717, 1.165) is 31.5 Å². The SMILES string of the molecule is Cc1cc(CCCCN)c2c(c1)CC(=O)N2C. The second kappa shape index (κ2) is 4.88. The van der Waals surface area contributed by atoms with Gasteiger partial charge in [0.15, 0.2) is 0 Å². The number of nitrogens with zero attached hydrogens (tertiary/aromatic N) is 1. The zero-order valence-corrected chi connectivity index (χ0v) is 10.6. The Hall–Kier alpha value is -1.35. The number of fused-ring (bicyclic) bond motifs is 1. The molecule has 0 bridgehead atoms. The summed E-state index contributed by atoms with van der Waals surface area (Å²) >= 11 is 0. The van der Waals surface area contributed by atoms with Crippen molar-refractivity contribution in [3.63, 3.8) is 0 Å². The van der Waals surface area contributed by atoms with Crippen molar-refractivity contribution in [2.24, 2.45) is 5.73 Å². The standard InChI is InChI=1S/C14H20N2O/c1-10-7-11(5-3-4-6-15)14-12(8-10)9-13(17)16(14)2/h7-8H,3-6,9,15H2,1-2H3. The lowest BCUT2D eigenvalue weighted by Gasteiger charge is -2.16. The van der Waals surface area contributed by atoms with Crippen LogP contribution in [0, 0.1) is 6.92 Å². The van der Waals surface area contributed by atoms with Crippen LogP contribution in [0.1, 0.15) is 29.5 Å². The van der Waals surface area contributed by atoms with Gasteiger partial charge in [-0.05, 0) is 43.9 Å². The lowest BCUT2D eigenvalue weighted by molar-refractivity contribution is -0.117. The monoisotopic (exact) mass is 232 g/mol. The van der Waals surface area contributed by atoms with Crippen LogP contribution in [0.2, 0.25) is 0 Å². The molecule has 0 saturated carbocycles. The largest absolute Gasteiger partial charge is 0.330 e. The number of carbonyl (C=O) groups is 1. The summed E-state index contributed by atoms with van der Waals surface area (Å²) in [5.74, 6) is 0.200. The molecule has 0 unspecified atom stereocenters. The Morgan fingerprint density at radius 3 is 2.82 bits per heavy atom. The highest BCUT2D eigenvalue weighted by Gasteiger charge is 2.26. The second-order valence-electron chi connectivity index (χ2n) is 4.81. The molecule has 1 aliphatic heterocycles. The smallest absolute Gasteiger partial charge is 0.231 e. The minimum atomic E-state index is 0.200. The Morgan fingerprint density at radius 2 is 2.12 bits per heavy atom. The number of hydrogen-bond acceptors (Lipinski definition) is 2. The number of nitrogens with two attached hydrogens (primary N) is 1. The molecule has 1 aromatic rings. The average Bonchev–Trinajstić information content (AvgIpc) is 2.54. The summed E-state index contributed by atoms with van der Waals surface area (Å²) < 4.78 is 0. The predicted octanol–water partition coefficient (Wildman–Crippen LogP) is 1.80. The summed E-state index contributed by atoms with van der Waals surface area (Å²) in [5.41, 5.74) is 10.4. The van der Waals surface area contributed by atoms with Gasteiger partial charge in [-0.2, -0.15) is 0 Å². The van der Waals surface area contributed by atoms with Crippen molar-refractivity contribution in [1.29, 1.82) is 0 Å². The average molecular weight is 232 g/mol. The van der Waals surface area contributed by atoms with E-state index in [2.05, 4.69) is 19.1 Å². The van der Waals surface area contributed by atoms with Crippen LogP contribution in [0.4, 0.5) is 5.69 Å². The number of likely N-dealkylation sites (N-methyl/N-ethyl adjacent to an activating group) is 1. The lowest BCUT2D eigenvalue weighted by atomic mass is 9.99. The summed E-state index contributed by atoms with van der Waals surface area (Å²) in [6.45, 7) is 2.83. The number of hydrogen-bond donors (Lipinski definition) is 1. The highest BCUT2D eigenvalue weighted by Crippen LogP contribution is 2.33. The van der Waals surface area contributed by atoms with Crippen molar-refractivity contribution >= 4 is 11.6 Å². The third-order valence-electron chi connectivity index (χ3n) is 3.36. The number of unbranched alkanes of at least 4 members (excludes halogenated alkanes) is 1. The maximum atomic E-state index is 11.7. The van der Waals surface area contributed by atoms with Gasteiger partial charge in [0.25, 0.3) is 0 Å². The van der Waals surface area contributed by atoms with E-state index in [4.69, 9.17) is 5.73 Å². The van der Waals surface area contributed by atoms with Gasteiger partial charge in [0.2, 0.25) is 5.91 Å². The summed E-state index contributed by atoms with van der Waals surface area (Å²) in [6, 6.07) is 4.33. The van der Waals surface area contributed by atoms with Crippen LogP contribution in [0.3, 0.4) is 0 Å². The van der Waals surface area contributed by atoms with E-state index >= 15 is 0 Å². The van der Waals surface area contributed by atoms with Gasteiger partial charge in [-0.3, -0.25) is 4.79 Å². The molecule has 0 fully saturated rings. The van der Waals surface area contributed by atoms with Crippen molar-refractivity contribution in [3.05, 3.63) is 28.8 Å². The fourth-order valence-corrected chi connectivity index (χ4v) is 2.56. The van der Waals surface area contributed by atoms with Crippen molar-refractivity contribution in [1.82, 2.24) is 0 Å². The number of carbonyl (C=O) groups excluding carboxylic acids is 1. The molecule has 2 N–H and O–H groups in total. The van der Waals surface area contributed by atoms with Crippen molar-refractivity contribution in [2.45, 2.75) is 32.6 Å². The number of anilines is 1. The molecule has 2 rings (SSSR count). The van der Waals surface area contributed by atoms with Gasteiger partial charge in [-0.1, -0.05) is 17.7 Å². The fraction of sp³-hybridized carbons (Fsp3) is 0.500. The van der Waals surface area contributed by atoms with Crippen LogP contribution >= 0.6 is 0 Å². The molecule has 0 aromatic heterocycles. The summed E-state index contributed by atoms with van der Waals surface area (Å²) in [7, 11) is 1.87. The molecule has 17 heavy (non-hydrogen) atoms. The van der Waals surface area contributed by atoms with Crippen LogP contribution in [0.5, 0.6) is 0 Å². The molecule has 92 valence electrons. The van der Waals surface area contributed by atoms with E-state index in [1.54, 1.807) is 4.90 Å². The van der Waals surface area contributed by atoms with Crippen LogP contribution < -0.4 is 10.6 Å². The maximum Gasteiger partial charge on any atom is 0.231 e. The minimum absolute atomic E-state index is 0.200. The van der Waals surface area contributed by atoms with E-state index in [9.17, 15) is 4.79 Å². The first-order valence-electron chi connectivity index (χ1n) is 6.22. The Morgan fingerprint density at radius 1 is 1.35 bits per heavy atom. The van der Waals surface area contributed by atoms with Gasteiger partial charge in [0, 0.05) is 7.05 Å². The Bertz CT molecular complexity index is 440. The van der Waals surface area contributed by atoms with Crippen LogP contribution in [-0.4, -0.2) is 19.5 Å². The number of amides is 1. The summed E-state index contributed by atoms with van der Waals surface area (Å²) in [5, 5.41) is 0. The Kier molecular flexibility index (Phi) is 3.48. The maximum absolute atomic E-state index is 11.7. The molecule has 3 heteroatoms. The predicted molar refractivity (Wildman–Crippen MR) is 70.3 cm³/mol. The zero-order valence-electron chi connectivity index (χ0n) is 10.6. The summed E-state index contributed by atoms with van der Waals surface area (Å²) in [4.78, 5) is 13.5. The van der Waals surface area contributed by atoms with E-state index in [1.165, 1.54) is 16.7 Å². The Labute approximate surface area is 103 Å². The molecule has 0 saturated heterocycles. The highest BCUT2D eigenvalue weighted by molar-refractivity contribution is 6.01. The molecule has 0 radical (unpaired) electrons. The first kappa shape index (κ1) is 12.1. The topological polar surface area (TPSA) is 46.3 Å². The van der Waals surface area contributed by atoms with Crippen LogP contribution in [0.25, 0.3) is 0 Å². The fourth-order valence-electron chi connectivity index (χ4n) is 2.56. The molecular weight excluding hydrogens is 212 g/mol. The molecule has 0 spiro atoms. The third-order valence-corrected chi connectivity index (χ3v) is 3.36. The zero-order chi connectivity index (χ0) is 12.4. The molecule has 1 aromatic carbocycles. The molecule has 3 nitrogen and oxygen atoms in total. The van der Waals surface area contributed by atoms with Gasteiger partial charge in [0.05, 0.1) is 12.1 Å². The Balaban J connectivity index is 2.29. The van der Waals surface area contributed by atoms with Crippen molar-refractivity contribution in [2.75, 3.05) is 18.5 Å². The number of aryl methyl sites for hydroxylation is 2.